The molecule has 1 aromatic heterocycles. The number of aryl methyl sites for hydroxylation is 2. The molecule has 0 saturated heterocycles. The minimum Gasteiger partial charge on any atom is -0.309 e. The molecule has 1 N–H and O–H groups in total. The summed E-state index contributed by atoms with van der Waals surface area (Å²) < 4.78 is 0. The van der Waals surface area contributed by atoms with Gasteiger partial charge in [0.05, 0.1) is 0 Å². The lowest BCUT2D eigenvalue weighted by atomic mass is 10.1. The molecule has 0 amide bonds. The van der Waals surface area contributed by atoms with Gasteiger partial charge in [-0.2, -0.15) is 11.8 Å². The van der Waals surface area contributed by atoms with Crippen LogP contribution in [0.3, 0.4) is 0 Å². The van der Waals surface area contributed by atoms with Crippen LogP contribution in [0.2, 0.25) is 0 Å². The van der Waals surface area contributed by atoms with E-state index < -0.39 is 0 Å². The molecule has 0 aliphatic rings. The van der Waals surface area contributed by atoms with Gasteiger partial charge in [-0.05, 0) is 32.4 Å². The Bertz CT molecular complexity index is 331. The van der Waals surface area contributed by atoms with Crippen molar-refractivity contribution >= 4 is 23.1 Å². The Morgan fingerprint density at radius 2 is 2.31 bits per heavy atom. The van der Waals surface area contributed by atoms with Gasteiger partial charge in [0.2, 0.25) is 0 Å². The SMILES string of the molecule is C=CCSCCNC(C)c1cc(C)sc1C. The molecule has 1 atom stereocenters. The van der Waals surface area contributed by atoms with E-state index >= 15 is 0 Å². The van der Waals surface area contributed by atoms with Crippen LogP contribution in [0.15, 0.2) is 18.7 Å². The molecule has 1 aromatic rings. The molecular formula is C13H21NS2. The quantitative estimate of drug-likeness (QED) is 0.585. The highest BCUT2D eigenvalue weighted by molar-refractivity contribution is 7.99. The number of thioether (sulfide) groups is 1. The van der Waals surface area contributed by atoms with Crippen molar-refractivity contribution in [3.63, 3.8) is 0 Å². The molecule has 90 valence electrons. The third-order valence-corrected chi connectivity index (χ3v) is 4.42. The van der Waals surface area contributed by atoms with Crippen molar-refractivity contribution in [2.75, 3.05) is 18.1 Å². The molecule has 0 bridgehead atoms. The molecule has 0 spiro atoms. The normalized spacial score (nSPS) is 12.7. The molecule has 0 radical (unpaired) electrons. The predicted octanol–water partition coefficient (Wildman–Crippen LogP) is 3.93. The van der Waals surface area contributed by atoms with E-state index in [0.29, 0.717) is 6.04 Å². The van der Waals surface area contributed by atoms with Crippen molar-refractivity contribution in [1.82, 2.24) is 5.32 Å². The monoisotopic (exact) mass is 255 g/mol. The first-order valence-corrected chi connectivity index (χ1v) is 7.61. The summed E-state index contributed by atoms with van der Waals surface area (Å²) in [6.45, 7) is 11.4. The Hall–Kier alpha value is -0.250. The van der Waals surface area contributed by atoms with E-state index in [-0.39, 0.29) is 0 Å². The average Bonchev–Trinajstić information content (AvgIpc) is 2.57. The van der Waals surface area contributed by atoms with Crippen molar-refractivity contribution in [3.8, 4) is 0 Å². The van der Waals surface area contributed by atoms with E-state index in [1.165, 1.54) is 15.3 Å². The third-order valence-electron chi connectivity index (χ3n) is 2.48. The largest absolute Gasteiger partial charge is 0.309 e. The van der Waals surface area contributed by atoms with Gasteiger partial charge in [-0.15, -0.1) is 17.9 Å². The summed E-state index contributed by atoms with van der Waals surface area (Å²) >= 11 is 3.81. The maximum Gasteiger partial charge on any atom is 0.0303 e. The molecule has 1 rings (SSSR count). The van der Waals surface area contributed by atoms with Crippen molar-refractivity contribution < 1.29 is 0 Å². The van der Waals surface area contributed by atoms with Crippen molar-refractivity contribution in [2.45, 2.75) is 26.8 Å². The lowest BCUT2D eigenvalue weighted by Gasteiger charge is -2.13. The van der Waals surface area contributed by atoms with E-state index in [0.717, 1.165) is 18.1 Å². The summed E-state index contributed by atoms with van der Waals surface area (Å²) in [4.78, 5) is 2.85. The van der Waals surface area contributed by atoms with Gasteiger partial charge in [0.25, 0.3) is 0 Å². The van der Waals surface area contributed by atoms with Crippen LogP contribution in [0.25, 0.3) is 0 Å². The Kier molecular flexibility index (Phi) is 6.17. The third kappa shape index (κ3) is 4.32. The van der Waals surface area contributed by atoms with Crippen molar-refractivity contribution in [1.29, 1.82) is 0 Å². The molecule has 16 heavy (non-hydrogen) atoms. The van der Waals surface area contributed by atoms with Gasteiger partial charge in [-0.25, -0.2) is 0 Å². The smallest absolute Gasteiger partial charge is 0.0303 e. The number of nitrogens with one attached hydrogen (secondary N) is 1. The van der Waals surface area contributed by atoms with Crippen LogP contribution < -0.4 is 5.32 Å². The van der Waals surface area contributed by atoms with E-state index in [1.807, 2.05) is 29.2 Å². The first-order valence-electron chi connectivity index (χ1n) is 5.64. The minimum atomic E-state index is 0.467. The summed E-state index contributed by atoms with van der Waals surface area (Å²) in [5.74, 6) is 2.20. The summed E-state index contributed by atoms with van der Waals surface area (Å²) in [6.07, 6.45) is 1.96. The molecule has 0 saturated carbocycles. The Balaban J connectivity index is 2.32. The lowest BCUT2D eigenvalue weighted by Crippen LogP contribution is -2.21. The first kappa shape index (κ1) is 13.8. The van der Waals surface area contributed by atoms with Gasteiger partial charge in [-0.3, -0.25) is 0 Å². The minimum absolute atomic E-state index is 0.467. The number of rotatable bonds is 7. The molecule has 1 heterocycles. The summed E-state index contributed by atoms with van der Waals surface area (Å²) in [5.41, 5.74) is 1.45. The van der Waals surface area contributed by atoms with E-state index in [1.54, 1.807) is 0 Å². The fourth-order valence-electron chi connectivity index (χ4n) is 1.70. The fraction of sp³-hybridized carbons (Fsp3) is 0.538. The van der Waals surface area contributed by atoms with Crippen LogP contribution in [0, 0.1) is 13.8 Å². The van der Waals surface area contributed by atoms with Crippen LogP contribution in [-0.2, 0) is 0 Å². The molecule has 0 aromatic carbocycles. The second-order valence-corrected chi connectivity index (χ2v) is 6.52. The molecule has 0 aliphatic carbocycles. The van der Waals surface area contributed by atoms with Crippen LogP contribution in [0.4, 0.5) is 0 Å². The molecule has 1 nitrogen and oxygen atoms in total. The van der Waals surface area contributed by atoms with Gasteiger partial charge in [0.1, 0.15) is 0 Å². The van der Waals surface area contributed by atoms with Crippen LogP contribution >= 0.6 is 23.1 Å². The maximum absolute atomic E-state index is 3.72. The zero-order valence-corrected chi connectivity index (χ0v) is 12.0. The molecule has 0 aliphatic heterocycles. The van der Waals surface area contributed by atoms with Crippen molar-refractivity contribution in [2.24, 2.45) is 0 Å². The highest BCUT2D eigenvalue weighted by Crippen LogP contribution is 2.25. The summed E-state index contributed by atoms with van der Waals surface area (Å²) in [5, 5.41) is 3.56. The second kappa shape index (κ2) is 7.15. The lowest BCUT2D eigenvalue weighted by molar-refractivity contribution is 0.600. The zero-order chi connectivity index (χ0) is 12.0. The highest BCUT2D eigenvalue weighted by Gasteiger charge is 2.09. The Morgan fingerprint density at radius 3 is 2.88 bits per heavy atom. The van der Waals surface area contributed by atoms with E-state index in [4.69, 9.17) is 0 Å². The summed E-state index contributed by atoms with van der Waals surface area (Å²) in [7, 11) is 0. The highest BCUT2D eigenvalue weighted by atomic mass is 32.2. The molecule has 1 unspecified atom stereocenters. The maximum atomic E-state index is 3.72. The zero-order valence-electron chi connectivity index (χ0n) is 10.4. The topological polar surface area (TPSA) is 12.0 Å². The van der Waals surface area contributed by atoms with Gasteiger partial charge >= 0.3 is 0 Å². The van der Waals surface area contributed by atoms with Crippen LogP contribution in [0.1, 0.15) is 28.3 Å². The molecule has 3 heteroatoms. The summed E-state index contributed by atoms with van der Waals surface area (Å²) in [6, 6.07) is 2.77. The van der Waals surface area contributed by atoms with E-state index in [2.05, 4.69) is 38.7 Å². The molecular weight excluding hydrogens is 234 g/mol. The van der Waals surface area contributed by atoms with Crippen molar-refractivity contribution in [3.05, 3.63) is 34.0 Å². The van der Waals surface area contributed by atoms with Crippen LogP contribution in [0.5, 0.6) is 0 Å². The molecule has 0 fully saturated rings. The second-order valence-electron chi connectivity index (χ2n) is 3.91. The Labute approximate surface area is 107 Å². The van der Waals surface area contributed by atoms with Gasteiger partial charge in [0.15, 0.2) is 0 Å². The van der Waals surface area contributed by atoms with E-state index in [9.17, 15) is 0 Å². The number of hydrogen-bond donors (Lipinski definition) is 1. The first-order chi connectivity index (χ1) is 7.65. The average molecular weight is 255 g/mol. The van der Waals surface area contributed by atoms with Gasteiger partial charge in [0, 0.05) is 33.8 Å². The standard InChI is InChI=1S/C13H21NS2/c1-5-7-15-8-6-14-11(3)13-9-10(2)16-12(13)4/h5,9,11,14H,1,6-8H2,2-4H3. The predicted molar refractivity (Wildman–Crippen MR) is 77.7 cm³/mol. The fourth-order valence-corrected chi connectivity index (χ4v) is 3.32. The van der Waals surface area contributed by atoms with Gasteiger partial charge < -0.3 is 5.32 Å². The van der Waals surface area contributed by atoms with Crippen LogP contribution in [-0.4, -0.2) is 18.1 Å². The Morgan fingerprint density at radius 1 is 1.56 bits per heavy atom. The number of hydrogen-bond acceptors (Lipinski definition) is 3. The van der Waals surface area contributed by atoms with Gasteiger partial charge in [-0.1, -0.05) is 6.08 Å². The number of thiophene rings is 1.